The predicted octanol–water partition coefficient (Wildman–Crippen LogP) is 2.54. The highest BCUT2D eigenvalue weighted by molar-refractivity contribution is 8.20. The summed E-state index contributed by atoms with van der Waals surface area (Å²) in [7, 11) is 0. The number of benzene rings is 1. The van der Waals surface area contributed by atoms with Crippen molar-refractivity contribution in [2.24, 2.45) is 0 Å². The molecule has 0 amide bonds. The van der Waals surface area contributed by atoms with E-state index in [-0.39, 0.29) is 22.0 Å². The lowest BCUT2D eigenvalue weighted by atomic mass is 10.2. The van der Waals surface area contributed by atoms with Crippen LogP contribution in [0.2, 0.25) is 0 Å². The van der Waals surface area contributed by atoms with Crippen molar-refractivity contribution < 1.29 is 19.1 Å². The smallest absolute Gasteiger partial charge is 0.338 e. The molecule has 0 spiro atoms. The molecule has 4 nitrogen and oxygen atoms in total. The van der Waals surface area contributed by atoms with Crippen LogP contribution >= 0.6 is 23.5 Å². The normalized spacial score (nSPS) is 21.9. The Labute approximate surface area is 120 Å². The standard InChI is InChI=1S/C13H14O4S2/c1-9(14)17-11-8-18-12(19-11)7-16-13(15)10-5-3-2-4-6-10/h2-6,11-12H,7-8H2,1H3/t11-,12+/m1/s1. The van der Waals surface area contributed by atoms with Gasteiger partial charge in [-0.2, -0.15) is 0 Å². The van der Waals surface area contributed by atoms with E-state index in [1.54, 1.807) is 36.0 Å². The molecule has 1 heterocycles. The third-order valence-corrected chi connectivity index (χ3v) is 5.34. The lowest BCUT2D eigenvalue weighted by molar-refractivity contribution is -0.141. The second-order valence-electron chi connectivity index (χ2n) is 3.90. The number of carbonyl (C=O) groups is 2. The van der Waals surface area contributed by atoms with Crippen LogP contribution in [-0.2, 0) is 14.3 Å². The highest BCUT2D eigenvalue weighted by Gasteiger charge is 2.29. The summed E-state index contributed by atoms with van der Waals surface area (Å²) in [6.45, 7) is 1.72. The lowest BCUT2D eigenvalue weighted by Gasteiger charge is -2.11. The summed E-state index contributed by atoms with van der Waals surface area (Å²) in [5.74, 6) is 0.135. The van der Waals surface area contributed by atoms with Crippen LogP contribution in [0.25, 0.3) is 0 Å². The Morgan fingerprint density at radius 2 is 2.05 bits per heavy atom. The van der Waals surface area contributed by atoms with E-state index in [2.05, 4.69) is 0 Å². The third-order valence-electron chi connectivity index (χ3n) is 2.38. The molecule has 0 unspecified atom stereocenters. The van der Waals surface area contributed by atoms with Gasteiger partial charge in [-0.15, -0.1) is 11.8 Å². The first-order valence-corrected chi connectivity index (χ1v) is 7.81. The van der Waals surface area contributed by atoms with E-state index in [0.29, 0.717) is 12.2 Å². The fraction of sp³-hybridized carbons (Fsp3) is 0.385. The van der Waals surface area contributed by atoms with Crippen molar-refractivity contribution in [1.29, 1.82) is 0 Å². The minimum absolute atomic E-state index is 0.122. The van der Waals surface area contributed by atoms with E-state index in [9.17, 15) is 9.59 Å². The minimum Gasteiger partial charge on any atom is -0.460 e. The first kappa shape index (κ1) is 14.3. The highest BCUT2D eigenvalue weighted by atomic mass is 32.2. The SMILES string of the molecule is CC(=O)O[C@H]1CS[C@H](COC(=O)c2ccccc2)S1. The van der Waals surface area contributed by atoms with Crippen LogP contribution in [0.3, 0.4) is 0 Å². The van der Waals surface area contributed by atoms with E-state index in [1.807, 2.05) is 6.07 Å². The van der Waals surface area contributed by atoms with Crippen molar-refractivity contribution in [3.8, 4) is 0 Å². The molecule has 2 rings (SSSR count). The maximum atomic E-state index is 11.7. The van der Waals surface area contributed by atoms with Crippen LogP contribution in [0.4, 0.5) is 0 Å². The number of thioether (sulfide) groups is 2. The van der Waals surface area contributed by atoms with Gasteiger partial charge >= 0.3 is 11.9 Å². The Bertz CT molecular complexity index is 449. The summed E-state index contributed by atoms with van der Waals surface area (Å²) in [4.78, 5) is 22.6. The van der Waals surface area contributed by atoms with Gasteiger partial charge in [0.1, 0.15) is 6.61 Å². The lowest BCUT2D eigenvalue weighted by Crippen LogP contribution is -2.14. The Hall–Kier alpha value is -1.14. The molecule has 1 saturated heterocycles. The fourth-order valence-corrected chi connectivity index (χ4v) is 4.32. The molecule has 1 aliphatic rings. The van der Waals surface area contributed by atoms with Gasteiger partial charge in [0.05, 0.1) is 10.1 Å². The topological polar surface area (TPSA) is 52.6 Å². The first-order valence-electron chi connectivity index (χ1n) is 5.81. The molecule has 0 radical (unpaired) electrons. The molecule has 0 saturated carbocycles. The molecule has 19 heavy (non-hydrogen) atoms. The number of ether oxygens (including phenoxy) is 2. The van der Waals surface area contributed by atoms with E-state index < -0.39 is 0 Å². The van der Waals surface area contributed by atoms with Gasteiger partial charge in [-0.05, 0) is 12.1 Å². The van der Waals surface area contributed by atoms with Gasteiger partial charge in [-0.3, -0.25) is 4.79 Å². The first-order chi connectivity index (χ1) is 9.15. The molecular formula is C13H14O4S2. The summed E-state index contributed by atoms with van der Waals surface area (Å²) in [5.41, 5.74) is 0.412. The van der Waals surface area contributed by atoms with Crippen molar-refractivity contribution in [2.75, 3.05) is 12.4 Å². The average Bonchev–Trinajstić information content (AvgIpc) is 2.84. The van der Waals surface area contributed by atoms with Crippen LogP contribution in [0, 0.1) is 0 Å². The Kier molecular flexibility index (Phi) is 5.15. The summed E-state index contributed by atoms with van der Waals surface area (Å²) < 4.78 is 10.5. The van der Waals surface area contributed by atoms with Gasteiger partial charge in [0.25, 0.3) is 0 Å². The molecule has 1 aliphatic heterocycles. The van der Waals surface area contributed by atoms with Crippen LogP contribution in [0.15, 0.2) is 30.3 Å². The summed E-state index contributed by atoms with van der Waals surface area (Å²) in [6.07, 6.45) is 0. The van der Waals surface area contributed by atoms with Gasteiger partial charge in [0.15, 0.2) is 5.44 Å². The maximum absolute atomic E-state index is 11.7. The van der Waals surface area contributed by atoms with E-state index >= 15 is 0 Å². The number of rotatable bonds is 4. The second kappa shape index (κ2) is 6.86. The molecule has 0 bridgehead atoms. The van der Waals surface area contributed by atoms with Gasteiger partial charge in [-0.25, -0.2) is 4.79 Å². The van der Waals surface area contributed by atoms with E-state index in [4.69, 9.17) is 9.47 Å². The van der Waals surface area contributed by atoms with Gasteiger partial charge in [0.2, 0.25) is 0 Å². The van der Waals surface area contributed by atoms with Crippen molar-refractivity contribution in [2.45, 2.75) is 16.9 Å². The zero-order valence-electron chi connectivity index (χ0n) is 10.4. The molecule has 0 aliphatic carbocycles. The Morgan fingerprint density at radius 1 is 1.32 bits per heavy atom. The molecule has 0 aromatic heterocycles. The molecule has 0 N–H and O–H groups in total. The monoisotopic (exact) mass is 298 g/mol. The number of hydrogen-bond donors (Lipinski definition) is 0. The third kappa shape index (κ3) is 4.47. The maximum Gasteiger partial charge on any atom is 0.338 e. The summed E-state index contributed by atoms with van der Waals surface area (Å²) in [6, 6.07) is 8.89. The Balaban J connectivity index is 1.75. The number of esters is 2. The summed E-state index contributed by atoms with van der Waals surface area (Å²) in [5, 5.41) is 0. The van der Waals surface area contributed by atoms with E-state index in [0.717, 1.165) is 5.75 Å². The fourth-order valence-electron chi connectivity index (χ4n) is 1.57. The van der Waals surface area contributed by atoms with Gasteiger partial charge < -0.3 is 9.47 Å². The zero-order valence-corrected chi connectivity index (χ0v) is 12.0. The second-order valence-corrected chi connectivity index (χ2v) is 6.80. The van der Waals surface area contributed by atoms with Crippen LogP contribution in [-0.4, -0.2) is 34.3 Å². The minimum atomic E-state index is -0.322. The average molecular weight is 298 g/mol. The van der Waals surface area contributed by atoms with E-state index in [1.165, 1.54) is 18.7 Å². The largest absolute Gasteiger partial charge is 0.460 e. The Morgan fingerprint density at radius 3 is 2.74 bits per heavy atom. The quantitative estimate of drug-likeness (QED) is 0.796. The van der Waals surface area contributed by atoms with Crippen molar-refractivity contribution >= 4 is 35.5 Å². The van der Waals surface area contributed by atoms with Crippen molar-refractivity contribution in [1.82, 2.24) is 0 Å². The number of hydrogen-bond acceptors (Lipinski definition) is 6. The molecule has 102 valence electrons. The molecule has 1 fully saturated rings. The van der Waals surface area contributed by atoms with Gasteiger partial charge in [-0.1, -0.05) is 30.0 Å². The molecule has 6 heteroatoms. The molecule has 1 aromatic rings. The molecular weight excluding hydrogens is 284 g/mol. The van der Waals surface area contributed by atoms with Crippen LogP contribution in [0.5, 0.6) is 0 Å². The van der Waals surface area contributed by atoms with Crippen LogP contribution in [0.1, 0.15) is 17.3 Å². The van der Waals surface area contributed by atoms with Gasteiger partial charge in [0, 0.05) is 12.7 Å². The molecule has 1 aromatic carbocycles. The van der Waals surface area contributed by atoms with Crippen LogP contribution < -0.4 is 0 Å². The summed E-state index contributed by atoms with van der Waals surface area (Å²) >= 11 is 3.16. The number of carbonyl (C=O) groups excluding carboxylic acids is 2. The molecule has 2 atom stereocenters. The van der Waals surface area contributed by atoms with Crippen molar-refractivity contribution in [3.05, 3.63) is 35.9 Å². The highest BCUT2D eigenvalue weighted by Crippen LogP contribution is 2.38. The zero-order chi connectivity index (χ0) is 13.7. The predicted molar refractivity (Wildman–Crippen MR) is 76.1 cm³/mol. The van der Waals surface area contributed by atoms with Crippen molar-refractivity contribution in [3.63, 3.8) is 0 Å².